The molecular formula is C16H10ClF4NO2. The van der Waals surface area contributed by atoms with Gasteiger partial charge in [0.2, 0.25) is 0 Å². The average molecular weight is 360 g/mol. The van der Waals surface area contributed by atoms with E-state index in [1.165, 1.54) is 24.5 Å². The van der Waals surface area contributed by atoms with Gasteiger partial charge in [0, 0.05) is 23.2 Å². The topological polar surface area (TPSA) is 34.4 Å². The van der Waals surface area contributed by atoms with E-state index in [2.05, 4.69) is 10.1 Å². The molecule has 0 fully saturated rings. The van der Waals surface area contributed by atoms with Crippen LogP contribution < -0.4 is 10.1 Å². The van der Waals surface area contributed by atoms with Crippen molar-refractivity contribution in [2.75, 3.05) is 5.32 Å². The summed E-state index contributed by atoms with van der Waals surface area (Å²) in [7, 11) is 0. The average Bonchev–Trinajstić information content (AvgIpc) is 2.93. The van der Waals surface area contributed by atoms with E-state index in [1.807, 2.05) is 0 Å². The molecule has 0 spiro atoms. The molecule has 0 aliphatic carbocycles. The van der Waals surface area contributed by atoms with Crippen molar-refractivity contribution in [2.24, 2.45) is 0 Å². The molecule has 0 saturated heterocycles. The third-order valence-electron chi connectivity index (χ3n) is 3.26. The number of hydrogen-bond acceptors (Lipinski definition) is 3. The zero-order valence-corrected chi connectivity index (χ0v) is 12.7. The van der Waals surface area contributed by atoms with Gasteiger partial charge in [0.1, 0.15) is 17.1 Å². The maximum absolute atomic E-state index is 14.0. The monoisotopic (exact) mass is 359 g/mol. The molecule has 0 aliphatic heterocycles. The van der Waals surface area contributed by atoms with Gasteiger partial charge in [0.05, 0.1) is 11.3 Å². The van der Waals surface area contributed by atoms with Crippen LogP contribution in [0.5, 0.6) is 5.75 Å². The van der Waals surface area contributed by atoms with Gasteiger partial charge in [-0.15, -0.1) is 13.2 Å². The van der Waals surface area contributed by atoms with Crippen molar-refractivity contribution in [3.63, 3.8) is 0 Å². The highest BCUT2D eigenvalue weighted by Crippen LogP contribution is 2.32. The van der Waals surface area contributed by atoms with Gasteiger partial charge in [-0.25, -0.2) is 4.39 Å². The molecular weight excluding hydrogens is 350 g/mol. The van der Waals surface area contributed by atoms with Crippen molar-refractivity contribution in [1.82, 2.24) is 0 Å². The Labute approximate surface area is 138 Å². The quantitative estimate of drug-likeness (QED) is 0.603. The van der Waals surface area contributed by atoms with Crippen LogP contribution in [0.25, 0.3) is 11.0 Å². The SMILES string of the molecule is Fc1cc2ccoc2cc1CNc1ccc(OC(F)(F)F)c(Cl)c1. The maximum Gasteiger partial charge on any atom is 0.573 e. The highest BCUT2D eigenvalue weighted by molar-refractivity contribution is 6.32. The van der Waals surface area contributed by atoms with Crippen LogP contribution in [0.3, 0.4) is 0 Å². The number of nitrogens with one attached hydrogen (secondary N) is 1. The molecule has 2 aromatic carbocycles. The van der Waals surface area contributed by atoms with E-state index < -0.39 is 17.9 Å². The molecule has 126 valence electrons. The molecule has 0 aliphatic rings. The third-order valence-corrected chi connectivity index (χ3v) is 3.56. The molecule has 0 saturated carbocycles. The lowest BCUT2D eigenvalue weighted by atomic mass is 10.1. The summed E-state index contributed by atoms with van der Waals surface area (Å²) in [4.78, 5) is 0. The molecule has 8 heteroatoms. The van der Waals surface area contributed by atoms with Crippen molar-refractivity contribution >= 4 is 28.3 Å². The normalized spacial score (nSPS) is 11.7. The summed E-state index contributed by atoms with van der Waals surface area (Å²) in [5, 5.41) is 3.32. The van der Waals surface area contributed by atoms with Gasteiger partial charge in [0.25, 0.3) is 0 Å². The smallest absolute Gasteiger partial charge is 0.464 e. The largest absolute Gasteiger partial charge is 0.573 e. The summed E-state index contributed by atoms with van der Waals surface area (Å²) in [5.41, 5.74) is 1.32. The van der Waals surface area contributed by atoms with Crippen LogP contribution in [-0.2, 0) is 6.54 Å². The Kier molecular flexibility index (Phi) is 4.28. The molecule has 0 bridgehead atoms. The number of halogens is 5. The Hall–Kier alpha value is -2.41. The van der Waals surface area contributed by atoms with E-state index in [4.69, 9.17) is 16.0 Å². The van der Waals surface area contributed by atoms with E-state index in [0.717, 1.165) is 6.07 Å². The lowest BCUT2D eigenvalue weighted by Gasteiger charge is -2.12. The van der Waals surface area contributed by atoms with Gasteiger partial charge in [0.15, 0.2) is 0 Å². The maximum atomic E-state index is 14.0. The van der Waals surface area contributed by atoms with Crippen molar-refractivity contribution in [3.8, 4) is 5.75 Å². The zero-order valence-electron chi connectivity index (χ0n) is 12.0. The van der Waals surface area contributed by atoms with Gasteiger partial charge in [-0.1, -0.05) is 11.6 Å². The van der Waals surface area contributed by atoms with Crippen LogP contribution in [0, 0.1) is 5.82 Å². The van der Waals surface area contributed by atoms with Crippen molar-refractivity contribution in [3.05, 3.63) is 59.1 Å². The summed E-state index contributed by atoms with van der Waals surface area (Å²) in [6, 6.07) is 8.27. The minimum atomic E-state index is -4.82. The minimum absolute atomic E-state index is 0.109. The molecule has 1 N–H and O–H groups in total. The molecule has 3 nitrogen and oxygen atoms in total. The van der Waals surface area contributed by atoms with E-state index in [1.54, 1.807) is 12.1 Å². The molecule has 3 rings (SSSR count). The summed E-state index contributed by atoms with van der Waals surface area (Å²) < 4.78 is 59.5. The fourth-order valence-corrected chi connectivity index (χ4v) is 2.39. The first-order valence-corrected chi connectivity index (χ1v) is 7.14. The number of alkyl halides is 3. The van der Waals surface area contributed by atoms with Crippen LogP contribution in [0.1, 0.15) is 5.56 Å². The second-order valence-electron chi connectivity index (χ2n) is 4.95. The lowest BCUT2D eigenvalue weighted by molar-refractivity contribution is -0.274. The molecule has 0 amide bonds. The number of anilines is 1. The van der Waals surface area contributed by atoms with Crippen molar-refractivity contribution in [1.29, 1.82) is 0 Å². The summed E-state index contributed by atoms with van der Waals surface area (Å²) in [6.07, 6.45) is -3.36. The molecule has 0 atom stereocenters. The first kappa shape index (κ1) is 16.4. The fourth-order valence-electron chi connectivity index (χ4n) is 2.17. The number of rotatable bonds is 4. The number of fused-ring (bicyclic) bond motifs is 1. The van der Waals surface area contributed by atoms with Crippen molar-refractivity contribution in [2.45, 2.75) is 12.9 Å². The van der Waals surface area contributed by atoms with Gasteiger partial charge >= 0.3 is 6.36 Å². The Morgan fingerprint density at radius 1 is 1.12 bits per heavy atom. The Balaban J connectivity index is 1.74. The van der Waals surface area contributed by atoms with Gasteiger partial charge in [-0.05, 0) is 36.4 Å². The highest BCUT2D eigenvalue weighted by Gasteiger charge is 2.32. The second-order valence-corrected chi connectivity index (χ2v) is 5.36. The highest BCUT2D eigenvalue weighted by atomic mass is 35.5. The van der Waals surface area contributed by atoms with Gasteiger partial charge in [-0.2, -0.15) is 0 Å². The molecule has 0 unspecified atom stereocenters. The Morgan fingerprint density at radius 2 is 1.92 bits per heavy atom. The number of hydrogen-bond donors (Lipinski definition) is 1. The zero-order chi connectivity index (χ0) is 17.3. The first-order valence-electron chi connectivity index (χ1n) is 6.76. The molecule has 3 aromatic rings. The predicted octanol–water partition coefficient (Wildman–Crippen LogP) is 5.74. The molecule has 1 aromatic heterocycles. The number of benzene rings is 2. The van der Waals surface area contributed by atoms with E-state index in [0.29, 0.717) is 22.2 Å². The lowest BCUT2D eigenvalue weighted by Crippen LogP contribution is -2.17. The van der Waals surface area contributed by atoms with Crippen LogP contribution in [0.2, 0.25) is 5.02 Å². The van der Waals surface area contributed by atoms with Crippen LogP contribution in [0.15, 0.2) is 47.1 Å². The summed E-state index contributed by atoms with van der Waals surface area (Å²) >= 11 is 5.76. The van der Waals surface area contributed by atoms with E-state index >= 15 is 0 Å². The molecule has 24 heavy (non-hydrogen) atoms. The molecule has 1 heterocycles. The second kappa shape index (κ2) is 6.24. The van der Waals surface area contributed by atoms with E-state index in [-0.39, 0.29) is 11.6 Å². The van der Waals surface area contributed by atoms with Crippen LogP contribution in [0.4, 0.5) is 23.2 Å². The summed E-state index contributed by atoms with van der Waals surface area (Å²) in [5.74, 6) is -0.919. The first-order chi connectivity index (χ1) is 11.3. The third kappa shape index (κ3) is 3.73. The van der Waals surface area contributed by atoms with Crippen molar-refractivity contribution < 1.29 is 26.7 Å². The molecule has 0 radical (unpaired) electrons. The minimum Gasteiger partial charge on any atom is -0.464 e. The number of furan rings is 1. The predicted molar refractivity (Wildman–Crippen MR) is 81.6 cm³/mol. The standard InChI is InChI=1S/C16H10ClF4NO2/c17-12-7-11(1-2-14(12)24-16(19,20)21)22-8-10-6-15-9(3-4-23-15)5-13(10)18/h1-7,22H,8H2. The Morgan fingerprint density at radius 3 is 2.62 bits per heavy atom. The summed E-state index contributed by atoms with van der Waals surface area (Å²) in [6.45, 7) is 0.109. The fraction of sp³-hybridized carbons (Fsp3) is 0.125. The Bertz CT molecular complexity index is 876. The van der Waals surface area contributed by atoms with Gasteiger partial charge < -0.3 is 14.5 Å². The van der Waals surface area contributed by atoms with Crippen LogP contribution in [-0.4, -0.2) is 6.36 Å². The van der Waals surface area contributed by atoms with Crippen LogP contribution >= 0.6 is 11.6 Å². The number of ether oxygens (including phenoxy) is 1. The van der Waals surface area contributed by atoms with E-state index in [9.17, 15) is 17.6 Å². The van der Waals surface area contributed by atoms with Gasteiger partial charge in [-0.3, -0.25) is 0 Å².